The number of rotatable bonds is 4. The monoisotopic (exact) mass is 224 g/mol. The summed E-state index contributed by atoms with van der Waals surface area (Å²) in [4.78, 5) is 11.1. The summed E-state index contributed by atoms with van der Waals surface area (Å²) in [7, 11) is 3.98. The van der Waals surface area contributed by atoms with E-state index >= 15 is 0 Å². The van der Waals surface area contributed by atoms with Crippen LogP contribution < -0.4 is 10.2 Å². The molecule has 1 aromatic heterocycles. The van der Waals surface area contributed by atoms with Gasteiger partial charge in [-0.25, -0.2) is 9.97 Å². The van der Waals surface area contributed by atoms with Crippen molar-refractivity contribution < 1.29 is 0 Å². The van der Waals surface area contributed by atoms with Gasteiger partial charge in [0.05, 0.1) is 0 Å². The van der Waals surface area contributed by atoms with Gasteiger partial charge in [0, 0.05) is 26.2 Å². The predicted octanol–water partition coefficient (Wildman–Crippen LogP) is 1.84. The van der Waals surface area contributed by atoms with Crippen LogP contribution in [0.4, 0.5) is 11.6 Å². The summed E-state index contributed by atoms with van der Waals surface area (Å²) in [5.41, 5.74) is 0. The van der Waals surface area contributed by atoms with Crippen molar-refractivity contribution in [3.05, 3.63) is 6.07 Å². The van der Waals surface area contributed by atoms with Gasteiger partial charge in [-0.1, -0.05) is 11.8 Å². The van der Waals surface area contributed by atoms with Crippen molar-refractivity contribution in [3.63, 3.8) is 0 Å². The van der Waals surface area contributed by atoms with Crippen LogP contribution in [0.15, 0.2) is 11.2 Å². The Labute approximate surface area is 94.5 Å². The fourth-order valence-corrected chi connectivity index (χ4v) is 1.84. The zero-order valence-electron chi connectivity index (χ0n) is 9.32. The molecule has 1 heterocycles. The van der Waals surface area contributed by atoms with Crippen molar-refractivity contribution in [3.8, 4) is 0 Å². The summed E-state index contributed by atoms with van der Waals surface area (Å²) >= 11 is 1.57. The average Bonchev–Trinajstić information content (AvgIpc) is 3.11. The van der Waals surface area contributed by atoms with E-state index < -0.39 is 0 Å². The Morgan fingerprint density at radius 2 is 2.20 bits per heavy atom. The average molecular weight is 224 g/mol. The molecule has 0 aliphatic heterocycles. The summed E-state index contributed by atoms with van der Waals surface area (Å²) in [5, 5.41) is 3.89. The third-order valence-electron chi connectivity index (χ3n) is 2.59. The molecule has 5 heteroatoms. The second-order valence-electron chi connectivity index (χ2n) is 3.69. The summed E-state index contributed by atoms with van der Waals surface area (Å²) < 4.78 is 0. The fourth-order valence-electron chi connectivity index (χ4n) is 1.46. The molecule has 0 amide bonds. The Hall–Kier alpha value is -0.970. The summed E-state index contributed by atoms with van der Waals surface area (Å²) in [6.07, 6.45) is 4.56. The number of thioether (sulfide) groups is 1. The summed E-state index contributed by atoms with van der Waals surface area (Å²) in [5.74, 6) is 1.90. The number of nitrogens with zero attached hydrogens (tertiary/aromatic N) is 3. The van der Waals surface area contributed by atoms with Gasteiger partial charge in [0.2, 0.25) is 0 Å². The molecule has 15 heavy (non-hydrogen) atoms. The minimum absolute atomic E-state index is 0.680. The van der Waals surface area contributed by atoms with Crippen molar-refractivity contribution in [1.29, 1.82) is 0 Å². The maximum atomic E-state index is 4.50. The highest BCUT2D eigenvalue weighted by molar-refractivity contribution is 7.98. The Morgan fingerprint density at radius 1 is 1.47 bits per heavy atom. The minimum atomic E-state index is 0.680. The van der Waals surface area contributed by atoms with E-state index in [2.05, 4.69) is 27.2 Å². The third-order valence-corrected chi connectivity index (χ3v) is 3.13. The Morgan fingerprint density at radius 3 is 2.73 bits per heavy atom. The zero-order chi connectivity index (χ0) is 10.8. The largest absolute Gasteiger partial charge is 0.373 e. The fraction of sp³-hybridized carbons (Fsp3) is 0.600. The molecule has 1 aromatic rings. The van der Waals surface area contributed by atoms with Gasteiger partial charge < -0.3 is 10.2 Å². The zero-order valence-corrected chi connectivity index (χ0v) is 10.1. The first kappa shape index (κ1) is 10.5. The van der Waals surface area contributed by atoms with Gasteiger partial charge >= 0.3 is 0 Å². The molecule has 0 bridgehead atoms. The number of hydrogen-bond acceptors (Lipinski definition) is 5. The lowest BCUT2D eigenvalue weighted by molar-refractivity contribution is 0.854. The first-order valence-electron chi connectivity index (χ1n) is 5.08. The molecule has 82 valence electrons. The SMILES string of the molecule is CNc1cc(N(C)C2CC2)nc(SC)n1. The van der Waals surface area contributed by atoms with Crippen molar-refractivity contribution in [2.24, 2.45) is 0 Å². The second-order valence-corrected chi connectivity index (χ2v) is 4.46. The lowest BCUT2D eigenvalue weighted by Crippen LogP contribution is -2.21. The number of anilines is 2. The van der Waals surface area contributed by atoms with Gasteiger partial charge in [0.15, 0.2) is 5.16 Å². The molecule has 1 fully saturated rings. The van der Waals surface area contributed by atoms with Crippen LogP contribution in [0.2, 0.25) is 0 Å². The number of aromatic nitrogens is 2. The van der Waals surface area contributed by atoms with Crippen LogP contribution in [0, 0.1) is 0 Å². The van der Waals surface area contributed by atoms with E-state index in [1.807, 2.05) is 19.4 Å². The minimum Gasteiger partial charge on any atom is -0.373 e. The maximum Gasteiger partial charge on any atom is 0.191 e. The quantitative estimate of drug-likeness (QED) is 0.624. The molecule has 0 saturated heterocycles. The third kappa shape index (κ3) is 2.34. The van der Waals surface area contributed by atoms with E-state index in [1.165, 1.54) is 12.8 Å². The van der Waals surface area contributed by atoms with Gasteiger partial charge in [0.25, 0.3) is 0 Å². The second kappa shape index (κ2) is 4.26. The highest BCUT2D eigenvalue weighted by Crippen LogP contribution is 2.30. The molecule has 1 N–H and O–H groups in total. The van der Waals surface area contributed by atoms with Crippen molar-refractivity contribution in [2.75, 3.05) is 30.6 Å². The van der Waals surface area contributed by atoms with E-state index in [0.29, 0.717) is 6.04 Å². The van der Waals surface area contributed by atoms with E-state index in [9.17, 15) is 0 Å². The van der Waals surface area contributed by atoms with Crippen LogP contribution in [0.5, 0.6) is 0 Å². The molecule has 0 unspecified atom stereocenters. The van der Waals surface area contributed by atoms with E-state index in [1.54, 1.807) is 11.8 Å². The van der Waals surface area contributed by atoms with Crippen molar-refractivity contribution in [1.82, 2.24) is 9.97 Å². The van der Waals surface area contributed by atoms with Gasteiger partial charge in [-0.2, -0.15) is 0 Å². The number of nitrogens with one attached hydrogen (secondary N) is 1. The molecule has 0 spiro atoms. The molecular weight excluding hydrogens is 208 g/mol. The molecule has 2 rings (SSSR count). The summed E-state index contributed by atoms with van der Waals surface area (Å²) in [6, 6.07) is 2.68. The standard InChI is InChI=1S/C10H16N4S/c1-11-8-6-9(13-10(12-8)15-3)14(2)7-4-5-7/h6-7H,4-5H2,1-3H3,(H,11,12,13). The lowest BCUT2D eigenvalue weighted by atomic mass is 10.4. The molecule has 0 aromatic carbocycles. The first-order valence-corrected chi connectivity index (χ1v) is 6.30. The normalized spacial score (nSPS) is 15.1. The van der Waals surface area contributed by atoms with Crippen LogP contribution in [-0.4, -0.2) is 36.4 Å². The van der Waals surface area contributed by atoms with Gasteiger partial charge in [-0.3, -0.25) is 0 Å². The highest BCUT2D eigenvalue weighted by atomic mass is 32.2. The Bertz CT molecular complexity index is 329. The first-order chi connectivity index (χ1) is 7.24. The molecule has 4 nitrogen and oxygen atoms in total. The van der Waals surface area contributed by atoms with Gasteiger partial charge in [0.1, 0.15) is 11.6 Å². The Balaban J connectivity index is 2.28. The van der Waals surface area contributed by atoms with E-state index in [4.69, 9.17) is 0 Å². The molecule has 1 aliphatic carbocycles. The number of hydrogen-bond donors (Lipinski definition) is 1. The van der Waals surface area contributed by atoms with Crippen LogP contribution in [0.1, 0.15) is 12.8 Å². The van der Waals surface area contributed by atoms with Crippen LogP contribution in [0.3, 0.4) is 0 Å². The smallest absolute Gasteiger partial charge is 0.191 e. The topological polar surface area (TPSA) is 41.0 Å². The molecule has 0 radical (unpaired) electrons. The van der Waals surface area contributed by atoms with Gasteiger partial charge in [-0.05, 0) is 19.1 Å². The Kier molecular flexibility index (Phi) is 3.00. The van der Waals surface area contributed by atoms with Gasteiger partial charge in [-0.15, -0.1) is 0 Å². The lowest BCUT2D eigenvalue weighted by Gasteiger charge is -2.18. The molecule has 1 saturated carbocycles. The van der Waals surface area contributed by atoms with E-state index in [-0.39, 0.29) is 0 Å². The summed E-state index contributed by atoms with van der Waals surface area (Å²) in [6.45, 7) is 0. The van der Waals surface area contributed by atoms with E-state index in [0.717, 1.165) is 16.8 Å². The maximum absolute atomic E-state index is 4.50. The molecular formula is C10H16N4S. The van der Waals surface area contributed by atoms with Crippen molar-refractivity contribution >= 4 is 23.4 Å². The molecule has 1 aliphatic rings. The van der Waals surface area contributed by atoms with Crippen LogP contribution in [-0.2, 0) is 0 Å². The van der Waals surface area contributed by atoms with Crippen LogP contribution in [0.25, 0.3) is 0 Å². The molecule has 0 atom stereocenters. The van der Waals surface area contributed by atoms with Crippen molar-refractivity contribution in [2.45, 2.75) is 24.0 Å². The predicted molar refractivity (Wildman–Crippen MR) is 64.8 cm³/mol. The van der Waals surface area contributed by atoms with Crippen LogP contribution >= 0.6 is 11.8 Å². The highest BCUT2D eigenvalue weighted by Gasteiger charge is 2.27.